The van der Waals surface area contributed by atoms with Gasteiger partial charge in [0.1, 0.15) is 12.4 Å². The Labute approximate surface area is 175 Å². The summed E-state index contributed by atoms with van der Waals surface area (Å²) in [5.41, 5.74) is 0. The van der Waals surface area contributed by atoms with Gasteiger partial charge in [0.15, 0.2) is 5.82 Å². The highest BCUT2D eigenvalue weighted by Gasteiger charge is 2.59. The van der Waals surface area contributed by atoms with E-state index in [4.69, 9.17) is 0 Å². The number of amides is 3. The van der Waals surface area contributed by atoms with Gasteiger partial charge in [-0.05, 0) is 43.9 Å². The number of rotatable bonds is 3. The number of likely N-dealkylation sites (tertiary alicyclic amines) is 2. The molecule has 30 heavy (non-hydrogen) atoms. The number of aryl methyl sites for hydroxylation is 1. The normalized spacial score (nSPS) is 34.6. The van der Waals surface area contributed by atoms with Crippen LogP contribution in [-0.2, 0) is 27.3 Å². The fourth-order valence-corrected chi connectivity index (χ4v) is 6.43. The van der Waals surface area contributed by atoms with Gasteiger partial charge in [-0.3, -0.25) is 19.3 Å². The van der Waals surface area contributed by atoms with Crippen LogP contribution in [0.25, 0.3) is 0 Å². The highest BCUT2D eigenvalue weighted by Crippen LogP contribution is 2.52. The van der Waals surface area contributed by atoms with Crippen LogP contribution in [0.3, 0.4) is 0 Å². The molecule has 3 amide bonds. The molecule has 5 aliphatic rings. The summed E-state index contributed by atoms with van der Waals surface area (Å²) >= 11 is 0. The van der Waals surface area contributed by atoms with Gasteiger partial charge in [0.2, 0.25) is 17.7 Å². The zero-order valence-corrected chi connectivity index (χ0v) is 17.1. The van der Waals surface area contributed by atoms with E-state index in [1.165, 1.54) is 11.3 Å². The first-order valence-corrected chi connectivity index (χ1v) is 11.4. The predicted octanol–water partition coefficient (Wildman–Crippen LogP) is 1.48. The number of carbonyl (C=O) groups is 3. The number of imide groups is 1. The van der Waals surface area contributed by atoms with Crippen LogP contribution < -0.4 is 0 Å². The van der Waals surface area contributed by atoms with Gasteiger partial charge >= 0.3 is 0 Å². The van der Waals surface area contributed by atoms with Crippen molar-refractivity contribution in [3.63, 3.8) is 0 Å². The average Bonchev–Trinajstić information content (AvgIpc) is 3.54. The molecular weight excluding hydrogens is 382 g/mol. The molecule has 0 spiro atoms. The van der Waals surface area contributed by atoms with Crippen molar-refractivity contribution < 1.29 is 14.4 Å². The Hall–Kier alpha value is -2.51. The number of hydrogen-bond acceptors (Lipinski definition) is 5. The third-order valence-corrected chi connectivity index (χ3v) is 7.86. The topological polar surface area (TPSA) is 88.4 Å². The summed E-state index contributed by atoms with van der Waals surface area (Å²) in [6.07, 6.45) is 11.2. The maximum atomic E-state index is 13.2. The van der Waals surface area contributed by atoms with Crippen molar-refractivity contribution in [2.45, 2.75) is 57.5 Å². The highest BCUT2D eigenvalue weighted by atomic mass is 16.2. The smallest absolute Gasteiger partial charge is 0.243 e. The minimum absolute atomic E-state index is 0.109. The Balaban J connectivity index is 1.21. The van der Waals surface area contributed by atoms with Gasteiger partial charge in [-0.25, -0.2) is 0 Å². The van der Waals surface area contributed by atoms with E-state index >= 15 is 0 Å². The molecule has 3 fully saturated rings. The largest absolute Gasteiger partial charge is 0.331 e. The third kappa shape index (κ3) is 2.55. The SMILES string of the molecule is O=C1[C@@H]2[C@H](C(=O)N1CC(=O)N1CCC[C@@H]1c1nnc3n1CCCCC3)[C@H]1C=C[C@H]2C1. The number of fused-ring (bicyclic) bond motifs is 6. The summed E-state index contributed by atoms with van der Waals surface area (Å²) in [5, 5.41) is 8.85. The number of allylic oxidation sites excluding steroid dienone is 2. The Kier molecular flexibility index (Phi) is 4.11. The molecule has 2 aliphatic carbocycles. The van der Waals surface area contributed by atoms with Crippen LogP contribution in [0.4, 0.5) is 0 Å². The van der Waals surface area contributed by atoms with Gasteiger partial charge in [-0.2, -0.15) is 0 Å². The standard InChI is InChI=1S/C22H27N5O3/c28-17(12-27-21(29)18-13-7-8-14(11-13)19(18)22(27)30)25-10-4-5-15(25)20-24-23-16-6-2-1-3-9-26(16)20/h7-8,13-15,18-19H,1-6,9-12H2/t13-,14-,15+,18-,19+/m0/s1. The quantitative estimate of drug-likeness (QED) is 0.557. The lowest BCUT2D eigenvalue weighted by Crippen LogP contribution is -2.44. The second-order valence-electron chi connectivity index (χ2n) is 9.44. The lowest BCUT2D eigenvalue weighted by atomic mass is 9.85. The third-order valence-electron chi connectivity index (χ3n) is 7.86. The molecular formula is C22H27N5O3. The molecule has 2 bridgehead atoms. The van der Waals surface area contributed by atoms with Gasteiger partial charge in [-0.1, -0.05) is 18.6 Å². The van der Waals surface area contributed by atoms with E-state index in [-0.39, 0.29) is 54.0 Å². The highest BCUT2D eigenvalue weighted by molar-refractivity contribution is 6.08. The van der Waals surface area contributed by atoms with E-state index in [9.17, 15) is 14.4 Å². The molecule has 0 unspecified atom stereocenters. The van der Waals surface area contributed by atoms with Gasteiger partial charge in [-0.15, -0.1) is 10.2 Å². The van der Waals surface area contributed by atoms with Crippen LogP contribution in [0.5, 0.6) is 0 Å². The molecule has 0 N–H and O–H groups in total. The molecule has 3 aliphatic heterocycles. The number of carbonyl (C=O) groups excluding carboxylic acids is 3. The first-order valence-electron chi connectivity index (χ1n) is 11.4. The molecule has 158 valence electrons. The molecule has 0 aromatic carbocycles. The van der Waals surface area contributed by atoms with Crippen LogP contribution in [0.1, 0.15) is 56.2 Å². The molecule has 8 heteroatoms. The van der Waals surface area contributed by atoms with Crippen LogP contribution in [0, 0.1) is 23.7 Å². The minimum Gasteiger partial charge on any atom is -0.331 e. The summed E-state index contributed by atoms with van der Waals surface area (Å²) in [7, 11) is 0. The maximum absolute atomic E-state index is 13.2. The summed E-state index contributed by atoms with van der Waals surface area (Å²) in [5.74, 6) is 1.28. The number of aromatic nitrogens is 3. The van der Waals surface area contributed by atoms with Gasteiger partial charge in [0.05, 0.1) is 17.9 Å². The molecule has 0 radical (unpaired) electrons. The molecule has 2 saturated heterocycles. The summed E-state index contributed by atoms with van der Waals surface area (Å²) in [6, 6.07) is -0.109. The second kappa shape index (κ2) is 6.75. The monoisotopic (exact) mass is 409 g/mol. The molecule has 5 atom stereocenters. The van der Waals surface area contributed by atoms with Crippen LogP contribution >= 0.6 is 0 Å². The van der Waals surface area contributed by atoms with Crippen molar-refractivity contribution in [1.82, 2.24) is 24.6 Å². The van der Waals surface area contributed by atoms with Gasteiger partial charge in [0, 0.05) is 19.5 Å². The van der Waals surface area contributed by atoms with Crippen molar-refractivity contribution in [3.8, 4) is 0 Å². The lowest BCUT2D eigenvalue weighted by molar-refractivity contribution is -0.147. The maximum Gasteiger partial charge on any atom is 0.243 e. The molecule has 8 nitrogen and oxygen atoms in total. The lowest BCUT2D eigenvalue weighted by Gasteiger charge is -2.27. The fourth-order valence-electron chi connectivity index (χ4n) is 6.43. The van der Waals surface area contributed by atoms with E-state index < -0.39 is 0 Å². The first-order chi connectivity index (χ1) is 14.6. The summed E-state index contributed by atoms with van der Waals surface area (Å²) < 4.78 is 2.20. The van der Waals surface area contributed by atoms with Crippen molar-refractivity contribution in [3.05, 3.63) is 23.8 Å². The Bertz CT molecular complexity index is 923. The van der Waals surface area contributed by atoms with Crippen molar-refractivity contribution in [2.24, 2.45) is 23.7 Å². The van der Waals surface area contributed by atoms with Crippen molar-refractivity contribution >= 4 is 17.7 Å². The van der Waals surface area contributed by atoms with Crippen LogP contribution in [0.15, 0.2) is 12.2 Å². The Morgan fingerprint density at radius 3 is 2.50 bits per heavy atom. The zero-order chi connectivity index (χ0) is 20.4. The molecule has 1 aromatic heterocycles. The van der Waals surface area contributed by atoms with E-state index in [1.54, 1.807) is 0 Å². The second-order valence-corrected chi connectivity index (χ2v) is 9.44. The van der Waals surface area contributed by atoms with Gasteiger partial charge < -0.3 is 9.47 Å². The number of nitrogens with zero attached hydrogens (tertiary/aromatic N) is 5. The molecule has 6 rings (SSSR count). The van der Waals surface area contributed by atoms with Crippen molar-refractivity contribution in [2.75, 3.05) is 13.1 Å². The predicted molar refractivity (Wildman–Crippen MR) is 106 cm³/mol. The fraction of sp³-hybridized carbons (Fsp3) is 0.682. The number of hydrogen-bond donors (Lipinski definition) is 0. The van der Waals surface area contributed by atoms with Crippen LogP contribution in [-0.4, -0.2) is 55.4 Å². The van der Waals surface area contributed by atoms with E-state index in [0.717, 1.165) is 56.7 Å². The molecule has 1 aromatic rings. The first kappa shape index (κ1) is 18.3. The summed E-state index contributed by atoms with van der Waals surface area (Å²) in [4.78, 5) is 42.2. The van der Waals surface area contributed by atoms with E-state index in [1.807, 2.05) is 4.90 Å². The Morgan fingerprint density at radius 2 is 1.73 bits per heavy atom. The van der Waals surface area contributed by atoms with Crippen molar-refractivity contribution in [1.29, 1.82) is 0 Å². The van der Waals surface area contributed by atoms with Gasteiger partial charge in [0.25, 0.3) is 0 Å². The average molecular weight is 409 g/mol. The Morgan fingerprint density at radius 1 is 0.967 bits per heavy atom. The zero-order valence-electron chi connectivity index (χ0n) is 17.1. The van der Waals surface area contributed by atoms with E-state index in [2.05, 4.69) is 26.9 Å². The van der Waals surface area contributed by atoms with Crippen LogP contribution in [0.2, 0.25) is 0 Å². The molecule has 1 saturated carbocycles. The van der Waals surface area contributed by atoms with E-state index in [0.29, 0.717) is 6.54 Å². The summed E-state index contributed by atoms with van der Waals surface area (Å²) in [6.45, 7) is 1.40. The minimum atomic E-state index is -0.248. The molecule has 4 heterocycles.